The van der Waals surface area contributed by atoms with Gasteiger partial charge in [-0.25, -0.2) is 4.39 Å². The van der Waals surface area contributed by atoms with Crippen molar-refractivity contribution in [3.05, 3.63) is 28.5 Å². The van der Waals surface area contributed by atoms with Crippen molar-refractivity contribution in [1.29, 1.82) is 0 Å². The molecular weight excluding hydrogens is 245 g/mol. The van der Waals surface area contributed by atoms with Gasteiger partial charge >= 0.3 is 0 Å². The summed E-state index contributed by atoms with van der Waals surface area (Å²) in [5.41, 5.74) is 0.591. The largest absolute Gasteiger partial charge is 0.382 e. The van der Waals surface area contributed by atoms with E-state index in [-0.39, 0.29) is 5.82 Å². The van der Waals surface area contributed by atoms with Gasteiger partial charge in [0, 0.05) is 11.0 Å². The first-order valence-electron chi connectivity index (χ1n) is 4.95. The minimum Gasteiger partial charge on any atom is -0.382 e. The van der Waals surface area contributed by atoms with Gasteiger partial charge in [0.2, 0.25) is 0 Å². The first kappa shape index (κ1) is 9.97. The molecular formula is C11H13BrFN. The molecule has 1 aliphatic rings. The number of para-hydroxylation sites is 1. The lowest BCUT2D eigenvalue weighted by Crippen LogP contribution is -2.04. The van der Waals surface area contributed by atoms with E-state index in [4.69, 9.17) is 0 Å². The first-order valence-corrected chi connectivity index (χ1v) is 5.74. The zero-order chi connectivity index (χ0) is 9.97. The van der Waals surface area contributed by atoms with E-state index < -0.39 is 0 Å². The zero-order valence-electron chi connectivity index (χ0n) is 7.89. The molecule has 0 heterocycles. The van der Waals surface area contributed by atoms with Crippen LogP contribution in [-0.4, -0.2) is 6.54 Å². The third-order valence-corrected chi connectivity index (χ3v) is 3.17. The molecule has 0 unspecified atom stereocenters. The van der Waals surface area contributed by atoms with Crippen molar-refractivity contribution < 1.29 is 4.39 Å². The maximum Gasteiger partial charge on any atom is 0.147 e. The van der Waals surface area contributed by atoms with Crippen molar-refractivity contribution >= 4 is 21.6 Å². The van der Waals surface area contributed by atoms with Gasteiger partial charge in [-0.05, 0) is 40.4 Å². The minimum absolute atomic E-state index is 0.185. The van der Waals surface area contributed by atoms with E-state index in [1.54, 1.807) is 6.07 Å². The van der Waals surface area contributed by atoms with E-state index in [1.165, 1.54) is 18.9 Å². The molecule has 0 spiro atoms. The molecule has 0 atom stereocenters. The number of benzene rings is 1. The Labute approximate surface area is 91.8 Å². The molecule has 1 nitrogen and oxygen atoms in total. The van der Waals surface area contributed by atoms with Gasteiger partial charge in [0.25, 0.3) is 0 Å². The molecule has 0 aliphatic heterocycles. The van der Waals surface area contributed by atoms with Crippen molar-refractivity contribution in [1.82, 2.24) is 0 Å². The molecule has 76 valence electrons. The number of anilines is 1. The molecule has 0 radical (unpaired) electrons. The standard InChI is InChI=1S/C11H13BrFN/c12-9-2-1-3-10(13)11(9)14-7-6-8-4-5-8/h1-3,8,14H,4-7H2. The summed E-state index contributed by atoms with van der Waals surface area (Å²) in [5, 5.41) is 3.13. The highest BCUT2D eigenvalue weighted by Crippen LogP contribution is 2.32. The molecule has 1 N–H and O–H groups in total. The Morgan fingerprint density at radius 1 is 1.43 bits per heavy atom. The van der Waals surface area contributed by atoms with E-state index >= 15 is 0 Å². The number of halogens is 2. The van der Waals surface area contributed by atoms with Gasteiger partial charge in [0.05, 0.1) is 5.69 Å². The van der Waals surface area contributed by atoms with Crippen LogP contribution in [0.3, 0.4) is 0 Å². The molecule has 0 saturated heterocycles. The lowest BCUT2D eigenvalue weighted by atomic mass is 10.2. The summed E-state index contributed by atoms with van der Waals surface area (Å²) < 4.78 is 14.1. The van der Waals surface area contributed by atoms with Gasteiger partial charge in [-0.2, -0.15) is 0 Å². The average Bonchev–Trinajstić information content (AvgIpc) is 2.94. The molecule has 0 bridgehead atoms. The Bertz CT molecular complexity index is 303. The summed E-state index contributed by atoms with van der Waals surface area (Å²) in [7, 11) is 0. The quantitative estimate of drug-likeness (QED) is 0.866. The van der Waals surface area contributed by atoms with Crippen LogP contribution >= 0.6 is 15.9 Å². The molecule has 0 aromatic heterocycles. The van der Waals surface area contributed by atoms with Crippen LogP contribution < -0.4 is 5.32 Å². The Balaban J connectivity index is 1.92. The summed E-state index contributed by atoms with van der Waals surface area (Å²) in [6.07, 6.45) is 3.85. The van der Waals surface area contributed by atoms with Gasteiger partial charge in [-0.1, -0.05) is 18.9 Å². The van der Waals surface area contributed by atoms with Crippen LogP contribution in [0.5, 0.6) is 0 Å². The highest BCUT2D eigenvalue weighted by Gasteiger charge is 2.20. The summed E-state index contributed by atoms with van der Waals surface area (Å²) in [6.45, 7) is 0.865. The Morgan fingerprint density at radius 3 is 2.86 bits per heavy atom. The van der Waals surface area contributed by atoms with E-state index in [0.717, 1.165) is 23.4 Å². The molecule has 1 aromatic carbocycles. The molecule has 1 saturated carbocycles. The Kier molecular flexibility index (Phi) is 3.06. The SMILES string of the molecule is Fc1cccc(Br)c1NCCC1CC1. The van der Waals surface area contributed by atoms with E-state index in [9.17, 15) is 4.39 Å². The number of hydrogen-bond donors (Lipinski definition) is 1. The molecule has 0 amide bonds. The summed E-state index contributed by atoms with van der Waals surface area (Å²) in [5.74, 6) is 0.697. The number of hydrogen-bond acceptors (Lipinski definition) is 1. The van der Waals surface area contributed by atoms with Gasteiger partial charge in [0.15, 0.2) is 0 Å². The van der Waals surface area contributed by atoms with Crippen molar-refractivity contribution in [2.75, 3.05) is 11.9 Å². The number of rotatable bonds is 4. The fraction of sp³-hybridized carbons (Fsp3) is 0.455. The Hall–Kier alpha value is -0.570. The summed E-state index contributed by atoms with van der Waals surface area (Å²) >= 11 is 3.33. The van der Waals surface area contributed by atoms with Crippen LogP contribution in [0, 0.1) is 11.7 Å². The second-order valence-electron chi connectivity index (χ2n) is 3.76. The predicted molar refractivity (Wildman–Crippen MR) is 59.9 cm³/mol. The maximum absolute atomic E-state index is 13.3. The maximum atomic E-state index is 13.3. The van der Waals surface area contributed by atoms with Gasteiger partial charge in [0.1, 0.15) is 5.82 Å². The third kappa shape index (κ3) is 2.47. The fourth-order valence-corrected chi connectivity index (χ4v) is 1.96. The normalized spacial score (nSPS) is 15.6. The molecule has 14 heavy (non-hydrogen) atoms. The lowest BCUT2D eigenvalue weighted by Gasteiger charge is -2.08. The molecule has 3 heteroatoms. The van der Waals surface area contributed by atoms with E-state index in [2.05, 4.69) is 21.2 Å². The van der Waals surface area contributed by atoms with Crippen LogP contribution in [0.25, 0.3) is 0 Å². The van der Waals surface area contributed by atoms with Crippen LogP contribution in [0.2, 0.25) is 0 Å². The van der Waals surface area contributed by atoms with Crippen molar-refractivity contribution in [2.45, 2.75) is 19.3 Å². The van der Waals surface area contributed by atoms with Gasteiger partial charge in [-0.3, -0.25) is 0 Å². The van der Waals surface area contributed by atoms with Crippen LogP contribution in [0.15, 0.2) is 22.7 Å². The molecule has 2 rings (SSSR count). The molecule has 1 fully saturated rings. The summed E-state index contributed by atoms with van der Waals surface area (Å²) in [6, 6.07) is 5.03. The highest BCUT2D eigenvalue weighted by molar-refractivity contribution is 9.10. The molecule has 1 aromatic rings. The highest BCUT2D eigenvalue weighted by atomic mass is 79.9. The smallest absolute Gasteiger partial charge is 0.147 e. The van der Waals surface area contributed by atoms with E-state index in [0.29, 0.717) is 5.69 Å². The molecule has 1 aliphatic carbocycles. The summed E-state index contributed by atoms with van der Waals surface area (Å²) in [4.78, 5) is 0. The van der Waals surface area contributed by atoms with Crippen molar-refractivity contribution in [2.24, 2.45) is 5.92 Å². The number of nitrogens with one attached hydrogen (secondary N) is 1. The topological polar surface area (TPSA) is 12.0 Å². The monoisotopic (exact) mass is 257 g/mol. The lowest BCUT2D eigenvalue weighted by molar-refractivity contribution is 0.627. The second kappa shape index (κ2) is 4.30. The van der Waals surface area contributed by atoms with Crippen molar-refractivity contribution in [3.8, 4) is 0 Å². The van der Waals surface area contributed by atoms with E-state index in [1.807, 2.05) is 6.07 Å². The predicted octanol–water partition coefficient (Wildman–Crippen LogP) is 3.80. The zero-order valence-corrected chi connectivity index (χ0v) is 9.48. The first-order chi connectivity index (χ1) is 6.77. The second-order valence-corrected chi connectivity index (χ2v) is 4.61. The van der Waals surface area contributed by atoms with Gasteiger partial charge in [-0.15, -0.1) is 0 Å². The average molecular weight is 258 g/mol. The van der Waals surface area contributed by atoms with Crippen molar-refractivity contribution in [3.63, 3.8) is 0 Å². The van der Waals surface area contributed by atoms with Crippen LogP contribution in [-0.2, 0) is 0 Å². The van der Waals surface area contributed by atoms with Crippen LogP contribution in [0.1, 0.15) is 19.3 Å². The fourth-order valence-electron chi connectivity index (χ4n) is 1.47. The van der Waals surface area contributed by atoms with Crippen LogP contribution in [0.4, 0.5) is 10.1 Å². The minimum atomic E-state index is -0.185. The van der Waals surface area contributed by atoms with Gasteiger partial charge < -0.3 is 5.32 Å². The Morgan fingerprint density at radius 2 is 2.21 bits per heavy atom. The third-order valence-electron chi connectivity index (χ3n) is 2.51.